The van der Waals surface area contributed by atoms with Crippen LogP contribution in [-0.4, -0.2) is 10.8 Å². The molecule has 1 aromatic rings. The number of ketones is 1. The number of aryl methyl sites for hydroxylation is 1. The number of hydrogen-bond donors (Lipinski definition) is 1. The molecule has 1 saturated carbocycles. The van der Waals surface area contributed by atoms with Gasteiger partial charge in [0, 0.05) is 6.92 Å². The molecular formula is C10H14N2OS. The summed E-state index contributed by atoms with van der Waals surface area (Å²) >= 11 is 1.46. The number of carbonyl (C=O) groups excluding carboxylic acids is 1. The lowest BCUT2D eigenvalue weighted by atomic mass is 9.78. The minimum absolute atomic E-state index is 0.0918. The summed E-state index contributed by atoms with van der Waals surface area (Å²) in [5.41, 5.74) is 6.74. The highest BCUT2D eigenvalue weighted by Crippen LogP contribution is 2.41. The van der Waals surface area contributed by atoms with E-state index in [0.29, 0.717) is 0 Å². The Labute approximate surface area is 87.3 Å². The summed E-state index contributed by atoms with van der Waals surface area (Å²) in [4.78, 5) is 16.4. The SMILES string of the molecule is CC(=O)c1sc(C2(N)CCC2)nc1C. The molecule has 4 heteroatoms. The first-order valence-corrected chi connectivity index (χ1v) is 5.62. The maximum absolute atomic E-state index is 11.2. The summed E-state index contributed by atoms with van der Waals surface area (Å²) in [6.07, 6.45) is 3.17. The Kier molecular flexibility index (Phi) is 2.20. The Bertz CT molecular complexity index is 379. The Morgan fingerprint density at radius 2 is 2.21 bits per heavy atom. The summed E-state index contributed by atoms with van der Waals surface area (Å²) in [6.45, 7) is 3.45. The van der Waals surface area contributed by atoms with Crippen LogP contribution in [0.15, 0.2) is 0 Å². The smallest absolute Gasteiger partial charge is 0.171 e. The van der Waals surface area contributed by atoms with E-state index in [-0.39, 0.29) is 11.3 Å². The second-order valence-electron chi connectivity index (χ2n) is 4.00. The zero-order valence-electron chi connectivity index (χ0n) is 8.46. The minimum Gasteiger partial charge on any atom is -0.319 e. The number of carbonyl (C=O) groups is 1. The van der Waals surface area contributed by atoms with Gasteiger partial charge in [-0.2, -0.15) is 0 Å². The second kappa shape index (κ2) is 3.14. The molecule has 76 valence electrons. The van der Waals surface area contributed by atoms with E-state index in [1.165, 1.54) is 17.8 Å². The van der Waals surface area contributed by atoms with Gasteiger partial charge in [0.05, 0.1) is 16.1 Å². The van der Waals surface area contributed by atoms with Gasteiger partial charge in [0.2, 0.25) is 0 Å². The van der Waals surface area contributed by atoms with Gasteiger partial charge in [-0.3, -0.25) is 4.79 Å². The molecular weight excluding hydrogens is 196 g/mol. The van der Waals surface area contributed by atoms with Crippen molar-refractivity contribution in [1.29, 1.82) is 0 Å². The van der Waals surface area contributed by atoms with Crippen LogP contribution in [0.4, 0.5) is 0 Å². The monoisotopic (exact) mass is 210 g/mol. The number of aromatic nitrogens is 1. The Hall–Kier alpha value is -0.740. The van der Waals surface area contributed by atoms with Crippen LogP contribution in [0, 0.1) is 6.92 Å². The molecule has 3 nitrogen and oxygen atoms in total. The van der Waals surface area contributed by atoms with Gasteiger partial charge in [-0.25, -0.2) is 4.98 Å². The number of rotatable bonds is 2. The highest BCUT2D eigenvalue weighted by atomic mass is 32.1. The molecule has 0 saturated heterocycles. The van der Waals surface area contributed by atoms with E-state index < -0.39 is 0 Å². The molecule has 0 amide bonds. The van der Waals surface area contributed by atoms with E-state index in [4.69, 9.17) is 5.73 Å². The first kappa shape index (κ1) is 9.80. The second-order valence-corrected chi connectivity index (χ2v) is 5.00. The van der Waals surface area contributed by atoms with Gasteiger partial charge in [-0.1, -0.05) is 0 Å². The molecule has 0 spiro atoms. The molecule has 0 unspecified atom stereocenters. The maximum atomic E-state index is 11.2. The van der Waals surface area contributed by atoms with Crippen LogP contribution in [0.25, 0.3) is 0 Å². The van der Waals surface area contributed by atoms with E-state index in [1.54, 1.807) is 6.92 Å². The summed E-state index contributed by atoms with van der Waals surface area (Å²) in [5.74, 6) is 0.0918. The van der Waals surface area contributed by atoms with E-state index in [1.807, 2.05) is 6.92 Å². The molecule has 0 aromatic carbocycles. The fraction of sp³-hybridized carbons (Fsp3) is 0.600. The number of nitrogens with zero attached hydrogens (tertiary/aromatic N) is 1. The molecule has 1 aliphatic rings. The molecule has 1 aliphatic carbocycles. The molecule has 1 aromatic heterocycles. The van der Waals surface area contributed by atoms with Crippen LogP contribution in [0.1, 0.15) is 46.6 Å². The third-order valence-electron chi connectivity index (χ3n) is 2.79. The third-order valence-corrected chi connectivity index (χ3v) is 4.27. The van der Waals surface area contributed by atoms with Gasteiger partial charge in [0.1, 0.15) is 5.01 Å². The van der Waals surface area contributed by atoms with Gasteiger partial charge in [0.25, 0.3) is 0 Å². The minimum atomic E-state index is -0.233. The Balaban J connectivity index is 2.37. The molecule has 1 fully saturated rings. The van der Waals surface area contributed by atoms with Crippen LogP contribution in [0.5, 0.6) is 0 Å². The lowest BCUT2D eigenvalue weighted by Gasteiger charge is -2.35. The zero-order chi connectivity index (χ0) is 10.3. The normalized spacial score (nSPS) is 19.1. The van der Waals surface area contributed by atoms with Crippen molar-refractivity contribution in [1.82, 2.24) is 4.98 Å². The highest BCUT2D eigenvalue weighted by molar-refractivity contribution is 7.14. The quantitative estimate of drug-likeness (QED) is 0.759. The molecule has 1 heterocycles. The molecule has 0 bridgehead atoms. The topological polar surface area (TPSA) is 56.0 Å². The number of thiazole rings is 1. The van der Waals surface area contributed by atoms with Crippen molar-refractivity contribution >= 4 is 17.1 Å². The van der Waals surface area contributed by atoms with E-state index in [9.17, 15) is 4.79 Å². The summed E-state index contributed by atoms with van der Waals surface area (Å²) in [5, 5.41) is 0.937. The first-order valence-electron chi connectivity index (χ1n) is 4.81. The summed E-state index contributed by atoms with van der Waals surface area (Å²) in [6, 6.07) is 0. The van der Waals surface area contributed by atoms with Crippen molar-refractivity contribution in [3.63, 3.8) is 0 Å². The zero-order valence-corrected chi connectivity index (χ0v) is 9.28. The van der Waals surface area contributed by atoms with Crippen LogP contribution in [0.3, 0.4) is 0 Å². The standard InChI is InChI=1S/C10H14N2OS/c1-6-8(7(2)13)14-9(12-6)10(11)4-3-5-10/h3-5,11H2,1-2H3. The first-order chi connectivity index (χ1) is 6.53. The largest absolute Gasteiger partial charge is 0.319 e. The van der Waals surface area contributed by atoms with E-state index in [2.05, 4.69) is 4.98 Å². The Morgan fingerprint density at radius 1 is 1.57 bits per heavy atom. The highest BCUT2D eigenvalue weighted by Gasteiger charge is 2.37. The molecule has 0 atom stereocenters. The Morgan fingerprint density at radius 3 is 2.57 bits per heavy atom. The van der Waals surface area contributed by atoms with Crippen molar-refractivity contribution < 1.29 is 4.79 Å². The summed E-state index contributed by atoms with van der Waals surface area (Å²) < 4.78 is 0. The lowest BCUT2D eigenvalue weighted by Crippen LogP contribution is -2.43. The predicted octanol–water partition coefficient (Wildman–Crippen LogP) is 1.99. The fourth-order valence-electron chi connectivity index (χ4n) is 1.71. The average molecular weight is 210 g/mol. The van der Waals surface area contributed by atoms with Crippen molar-refractivity contribution in [2.45, 2.75) is 38.6 Å². The van der Waals surface area contributed by atoms with E-state index in [0.717, 1.165) is 28.4 Å². The van der Waals surface area contributed by atoms with E-state index >= 15 is 0 Å². The van der Waals surface area contributed by atoms with Crippen molar-refractivity contribution in [3.05, 3.63) is 15.6 Å². The van der Waals surface area contributed by atoms with Crippen LogP contribution >= 0.6 is 11.3 Å². The molecule has 14 heavy (non-hydrogen) atoms. The summed E-state index contributed by atoms with van der Waals surface area (Å²) in [7, 11) is 0. The third kappa shape index (κ3) is 1.38. The predicted molar refractivity (Wildman–Crippen MR) is 56.6 cm³/mol. The average Bonchev–Trinajstić information content (AvgIpc) is 2.43. The number of Topliss-reactive ketones (excluding diaryl/α,β-unsaturated/α-hetero) is 1. The van der Waals surface area contributed by atoms with Crippen molar-refractivity contribution in [3.8, 4) is 0 Å². The fourth-order valence-corrected chi connectivity index (χ4v) is 2.83. The number of hydrogen-bond acceptors (Lipinski definition) is 4. The van der Waals surface area contributed by atoms with Gasteiger partial charge in [-0.15, -0.1) is 11.3 Å². The van der Waals surface area contributed by atoms with Crippen LogP contribution in [-0.2, 0) is 5.54 Å². The van der Waals surface area contributed by atoms with Gasteiger partial charge in [-0.05, 0) is 26.2 Å². The van der Waals surface area contributed by atoms with Crippen LogP contribution in [0.2, 0.25) is 0 Å². The molecule has 2 rings (SSSR count). The molecule has 2 N–H and O–H groups in total. The lowest BCUT2D eigenvalue weighted by molar-refractivity contribution is 0.102. The van der Waals surface area contributed by atoms with Gasteiger partial charge >= 0.3 is 0 Å². The maximum Gasteiger partial charge on any atom is 0.171 e. The van der Waals surface area contributed by atoms with Gasteiger partial charge < -0.3 is 5.73 Å². The molecule has 0 radical (unpaired) electrons. The van der Waals surface area contributed by atoms with Gasteiger partial charge in [0.15, 0.2) is 5.78 Å². The van der Waals surface area contributed by atoms with Crippen molar-refractivity contribution in [2.75, 3.05) is 0 Å². The molecule has 0 aliphatic heterocycles. The number of nitrogens with two attached hydrogens (primary N) is 1. The van der Waals surface area contributed by atoms with Crippen LogP contribution < -0.4 is 5.73 Å². The van der Waals surface area contributed by atoms with Crippen molar-refractivity contribution in [2.24, 2.45) is 5.73 Å².